The fourth-order valence-electron chi connectivity index (χ4n) is 3.26. The van der Waals surface area contributed by atoms with Gasteiger partial charge in [0.05, 0.1) is 13.2 Å². The normalized spacial score (nSPS) is 21.6. The Morgan fingerprint density at radius 3 is 2.78 bits per heavy atom. The van der Waals surface area contributed by atoms with Gasteiger partial charge in [0.15, 0.2) is 0 Å². The molecule has 2 N–H and O–H groups in total. The lowest BCUT2D eigenvalue weighted by atomic mass is 10.2. The molecule has 3 rings (SSSR count). The molecule has 2 aliphatic rings. The summed E-state index contributed by atoms with van der Waals surface area (Å²) in [5.41, 5.74) is 0.410. The van der Waals surface area contributed by atoms with Gasteiger partial charge in [-0.3, -0.25) is 4.79 Å². The van der Waals surface area contributed by atoms with E-state index < -0.39 is 16.1 Å². The Morgan fingerprint density at radius 1 is 1.33 bits per heavy atom. The van der Waals surface area contributed by atoms with Crippen molar-refractivity contribution in [3.05, 3.63) is 18.2 Å². The summed E-state index contributed by atoms with van der Waals surface area (Å²) in [6, 6.07) is 4.72. The SMILES string of the molecule is CCOc1ccc(NC(=O)C2CNCCO2)cc1S(=O)(=O)N1CCCCC1. The summed E-state index contributed by atoms with van der Waals surface area (Å²) in [4.78, 5) is 12.5. The Labute approximate surface area is 160 Å². The Kier molecular flexibility index (Phi) is 6.69. The largest absolute Gasteiger partial charge is 0.492 e. The molecule has 1 amide bonds. The summed E-state index contributed by atoms with van der Waals surface area (Å²) in [6.07, 6.45) is 2.15. The van der Waals surface area contributed by atoms with Gasteiger partial charge in [-0.1, -0.05) is 6.42 Å². The first kappa shape index (κ1) is 20.1. The molecule has 1 aromatic rings. The van der Waals surface area contributed by atoms with Crippen molar-refractivity contribution in [3.63, 3.8) is 0 Å². The van der Waals surface area contributed by atoms with E-state index in [2.05, 4.69) is 10.6 Å². The molecule has 2 heterocycles. The van der Waals surface area contributed by atoms with E-state index in [1.807, 2.05) is 0 Å². The molecule has 2 saturated heterocycles. The van der Waals surface area contributed by atoms with Gasteiger partial charge >= 0.3 is 0 Å². The number of sulfonamides is 1. The third-order valence-electron chi connectivity index (χ3n) is 4.66. The van der Waals surface area contributed by atoms with Gasteiger partial charge in [-0.25, -0.2) is 8.42 Å². The molecule has 0 aromatic heterocycles. The maximum Gasteiger partial charge on any atom is 0.254 e. The number of benzene rings is 1. The second kappa shape index (κ2) is 9.01. The summed E-state index contributed by atoms with van der Waals surface area (Å²) >= 11 is 0. The van der Waals surface area contributed by atoms with Crippen LogP contribution in [0.1, 0.15) is 26.2 Å². The van der Waals surface area contributed by atoms with Crippen molar-refractivity contribution in [2.24, 2.45) is 0 Å². The van der Waals surface area contributed by atoms with Gasteiger partial charge in [0.2, 0.25) is 10.0 Å². The second-order valence-corrected chi connectivity index (χ2v) is 8.52. The van der Waals surface area contributed by atoms with Crippen molar-refractivity contribution < 1.29 is 22.7 Å². The van der Waals surface area contributed by atoms with Crippen LogP contribution in [0.25, 0.3) is 0 Å². The third-order valence-corrected chi connectivity index (χ3v) is 6.58. The summed E-state index contributed by atoms with van der Waals surface area (Å²) in [5.74, 6) is 0.00401. The van der Waals surface area contributed by atoms with E-state index >= 15 is 0 Å². The molecule has 1 unspecified atom stereocenters. The molecule has 2 fully saturated rings. The monoisotopic (exact) mass is 397 g/mol. The van der Waals surface area contributed by atoms with Crippen LogP contribution >= 0.6 is 0 Å². The molecule has 8 nitrogen and oxygen atoms in total. The number of ether oxygens (including phenoxy) is 2. The molecule has 0 spiro atoms. The third kappa shape index (κ3) is 4.78. The van der Waals surface area contributed by atoms with E-state index in [1.165, 1.54) is 10.4 Å². The van der Waals surface area contributed by atoms with Gasteiger partial charge in [-0.05, 0) is 38.0 Å². The molecule has 2 aliphatic heterocycles. The number of nitrogens with one attached hydrogen (secondary N) is 2. The van der Waals surface area contributed by atoms with Crippen LogP contribution in [0.3, 0.4) is 0 Å². The number of morpholine rings is 1. The minimum Gasteiger partial charge on any atom is -0.492 e. The standard InChI is InChI=1S/C18H27N3O5S/c1-2-25-15-7-6-14(20-18(22)16-13-19-8-11-26-16)12-17(15)27(23,24)21-9-4-3-5-10-21/h6-7,12,16,19H,2-5,8-11,13H2,1H3,(H,20,22). The van der Waals surface area contributed by atoms with Crippen LogP contribution in [0, 0.1) is 0 Å². The van der Waals surface area contributed by atoms with Crippen LogP contribution < -0.4 is 15.4 Å². The molecule has 0 aliphatic carbocycles. The smallest absolute Gasteiger partial charge is 0.254 e. The molecule has 150 valence electrons. The average Bonchev–Trinajstić information content (AvgIpc) is 2.70. The average molecular weight is 397 g/mol. The van der Waals surface area contributed by atoms with E-state index in [9.17, 15) is 13.2 Å². The van der Waals surface area contributed by atoms with Crippen LogP contribution in [-0.2, 0) is 19.6 Å². The number of carbonyl (C=O) groups excluding carboxylic acids is 1. The topological polar surface area (TPSA) is 97.0 Å². The minimum absolute atomic E-state index is 0.0896. The predicted molar refractivity (Wildman–Crippen MR) is 101 cm³/mol. The summed E-state index contributed by atoms with van der Waals surface area (Å²) in [5, 5.41) is 5.85. The molecular weight excluding hydrogens is 370 g/mol. The molecule has 0 saturated carbocycles. The van der Waals surface area contributed by atoms with Crippen LogP contribution in [0.15, 0.2) is 23.1 Å². The number of hydrogen-bond acceptors (Lipinski definition) is 6. The number of piperidine rings is 1. The van der Waals surface area contributed by atoms with Crippen molar-refractivity contribution >= 4 is 21.6 Å². The van der Waals surface area contributed by atoms with Crippen molar-refractivity contribution in [2.45, 2.75) is 37.2 Å². The van der Waals surface area contributed by atoms with E-state index in [0.29, 0.717) is 50.8 Å². The second-order valence-electron chi connectivity index (χ2n) is 6.61. The maximum absolute atomic E-state index is 13.1. The summed E-state index contributed by atoms with van der Waals surface area (Å²) in [6.45, 7) is 4.79. The first-order chi connectivity index (χ1) is 13.0. The molecule has 0 radical (unpaired) electrons. The van der Waals surface area contributed by atoms with Gasteiger partial charge in [0, 0.05) is 31.9 Å². The maximum atomic E-state index is 13.1. The van der Waals surface area contributed by atoms with Crippen LogP contribution in [0.4, 0.5) is 5.69 Å². The summed E-state index contributed by atoms with van der Waals surface area (Å²) in [7, 11) is -3.68. The van der Waals surface area contributed by atoms with E-state index in [4.69, 9.17) is 9.47 Å². The van der Waals surface area contributed by atoms with Crippen molar-refractivity contribution in [1.29, 1.82) is 0 Å². The molecule has 1 atom stereocenters. The first-order valence-electron chi connectivity index (χ1n) is 9.42. The van der Waals surface area contributed by atoms with E-state index in [0.717, 1.165) is 19.3 Å². The molecular formula is C18H27N3O5S. The number of hydrogen-bond donors (Lipinski definition) is 2. The highest BCUT2D eigenvalue weighted by Crippen LogP contribution is 2.31. The zero-order valence-corrected chi connectivity index (χ0v) is 16.4. The molecule has 1 aromatic carbocycles. The van der Waals surface area contributed by atoms with Crippen LogP contribution in [0.2, 0.25) is 0 Å². The Morgan fingerprint density at radius 2 is 2.11 bits per heavy atom. The van der Waals surface area contributed by atoms with Gasteiger partial charge in [-0.2, -0.15) is 4.31 Å². The van der Waals surface area contributed by atoms with Gasteiger partial charge in [0.1, 0.15) is 16.7 Å². The fraction of sp³-hybridized carbons (Fsp3) is 0.611. The van der Waals surface area contributed by atoms with Gasteiger partial charge < -0.3 is 20.1 Å². The fourth-order valence-corrected chi connectivity index (χ4v) is 4.94. The lowest BCUT2D eigenvalue weighted by Gasteiger charge is -2.27. The van der Waals surface area contributed by atoms with E-state index in [1.54, 1.807) is 19.1 Å². The van der Waals surface area contributed by atoms with Crippen LogP contribution in [0.5, 0.6) is 5.75 Å². The van der Waals surface area contributed by atoms with Crippen molar-refractivity contribution in [1.82, 2.24) is 9.62 Å². The van der Waals surface area contributed by atoms with Crippen LogP contribution in [-0.4, -0.2) is 64.1 Å². The highest BCUT2D eigenvalue weighted by molar-refractivity contribution is 7.89. The Hall–Kier alpha value is -1.68. The number of carbonyl (C=O) groups is 1. The highest BCUT2D eigenvalue weighted by atomic mass is 32.2. The molecule has 9 heteroatoms. The number of nitrogens with zero attached hydrogens (tertiary/aromatic N) is 1. The lowest BCUT2D eigenvalue weighted by Crippen LogP contribution is -2.45. The molecule has 0 bridgehead atoms. The number of anilines is 1. The zero-order valence-electron chi connectivity index (χ0n) is 15.6. The Bertz CT molecular complexity index is 756. The predicted octanol–water partition coefficient (Wildman–Crippen LogP) is 1.19. The summed E-state index contributed by atoms with van der Waals surface area (Å²) < 4.78 is 38.7. The highest BCUT2D eigenvalue weighted by Gasteiger charge is 2.30. The van der Waals surface area contributed by atoms with Crippen molar-refractivity contribution in [2.75, 3.05) is 44.7 Å². The van der Waals surface area contributed by atoms with Gasteiger partial charge in [-0.15, -0.1) is 0 Å². The Balaban J connectivity index is 1.84. The minimum atomic E-state index is -3.68. The lowest BCUT2D eigenvalue weighted by molar-refractivity contribution is -0.128. The number of rotatable bonds is 6. The quantitative estimate of drug-likeness (QED) is 0.748. The van der Waals surface area contributed by atoms with Gasteiger partial charge in [0.25, 0.3) is 5.91 Å². The zero-order chi connectivity index (χ0) is 19.3. The molecule has 27 heavy (non-hydrogen) atoms. The van der Waals surface area contributed by atoms with Crippen molar-refractivity contribution in [3.8, 4) is 5.75 Å². The van der Waals surface area contributed by atoms with E-state index in [-0.39, 0.29) is 10.8 Å². The number of amides is 1. The first-order valence-corrected chi connectivity index (χ1v) is 10.9.